The van der Waals surface area contributed by atoms with Gasteiger partial charge in [-0.1, -0.05) is 30.3 Å². The van der Waals surface area contributed by atoms with Crippen molar-refractivity contribution >= 4 is 27.5 Å². The first-order valence-electron chi connectivity index (χ1n) is 5.47. The van der Waals surface area contributed by atoms with Crippen molar-refractivity contribution in [3.8, 4) is 0 Å². The van der Waals surface area contributed by atoms with E-state index in [0.29, 0.717) is 6.54 Å². The van der Waals surface area contributed by atoms with Crippen LogP contribution in [0.1, 0.15) is 12.5 Å². The monoisotopic (exact) mass is 302 g/mol. The lowest BCUT2D eigenvalue weighted by atomic mass is 10.2. The molecule has 1 amide bonds. The molecular weight excluding hydrogens is 288 g/mol. The summed E-state index contributed by atoms with van der Waals surface area (Å²) in [6.07, 6.45) is 0. The van der Waals surface area contributed by atoms with Gasteiger partial charge >= 0.3 is 0 Å². The Bertz CT molecular complexity index is 567. The smallest absolute Gasteiger partial charge is 0.240 e. The maximum absolute atomic E-state index is 11.8. The number of hydrogen-bond acceptors (Lipinski definition) is 3. The van der Waals surface area contributed by atoms with Crippen LogP contribution in [0.5, 0.6) is 0 Å². The molecule has 104 valence electrons. The van der Waals surface area contributed by atoms with Gasteiger partial charge in [0.1, 0.15) is 0 Å². The third kappa shape index (κ3) is 5.42. The van der Waals surface area contributed by atoms with Crippen LogP contribution in [0.25, 0.3) is 0 Å². The molecule has 0 aliphatic carbocycles. The van der Waals surface area contributed by atoms with E-state index >= 15 is 0 Å². The number of amides is 1. The maximum atomic E-state index is 11.8. The van der Waals surface area contributed by atoms with Gasteiger partial charge in [0.25, 0.3) is 0 Å². The van der Waals surface area contributed by atoms with Gasteiger partial charge in [0, 0.05) is 25.0 Å². The molecule has 5 nitrogen and oxygen atoms in total. The summed E-state index contributed by atoms with van der Waals surface area (Å²) in [5.41, 5.74) is 0.816. The quantitative estimate of drug-likeness (QED) is 0.833. The van der Waals surface area contributed by atoms with E-state index in [4.69, 9.17) is 11.6 Å². The molecule has 0 atom stereocenters. The van der Waals surface area contributed by atoms with Crippen molar-refractivity contribution in [3.05, 3.63) is 41.4 Å². The summed E-state index contributed by atoms with van der Waals surface area (Å²) < 4.78 is 26.0. The first kappa shape index (κ1) is 15.7. The zero-order chi connectivity index (χ0) is 14.5. The summed E-state index contributed by atoms with van der Waals surface area (Å²) >= 11 is 5.51. The van der Waals surface area contributed by atoms with Crippen molar-refractivity contribution in [1.82, 2.24) is 10.0 Å². The van der Waals surface area contributed by atoms with Gasteiger partial charge in [0.05, 0.1) is 4.90 Å². The molecule has 1 rings (SSSR count). The molecule has 0 saturated heterocycles. The molecule has 19 heavy (non-hydrogen) atoms. The molecule has 0 radical (unpaired) electrons. The molecule has 0 aliphatic heterocycles. The molecule has 0 bridgehead atoms. The van der Waals surface area contributed by atoms with Gasteiger partial charge in [-0.15, -0.1) is 0 Å². The van der Waals surface area contributed by atoms with Crippen LogP contribution >= 0.6 is 11.6 Å². The number of halogens is 1. The van der Waals surface area contributed by atoms with E-state index in [1.165, 1.54) is 19.1 Å². The number of benzene rings is 1. The van der Waals surface area contributed by atoms with Gasteiger partial charge < -0.3 is 5.32 Å². The number of sulfonamides is 1. The molecule has 0 heterocycles. The minimum Gasteiger partial charge on any atom is -0.352 e. The Kier molecular flexibility index (Phi) is 5.53. The molecule has 0 saturated carbocycles. The zero-order valence-electron chi connectivity index (χ0n) is 10.4. The average Bonchev–Trinajstić information content (AvgIpc) is 2.34. The highest BCUT2D eigenvalue weighted by molar-refractivity contribution is 7.89. The highest BCUT2D eigenvalue weighted by Gasteiger charge is 2.13. The van der Waals surface area contributed by atoms with Crippen molar-refractivity contribution in [2.45, 2.75) is 18.4 Å². The van der Waals surface area contributed by atoms with Crippen molar-refractivity contribution in [2.24, 2.45) is 0 Å². The molecule has 0 fully saturated rings. The Labute approximate surface area is 117 Å². The highest BCUT2D eigenvalue weighted by Crippen LogP contribution is 2.11. The summed E-state index contributed by atoms with van der Waals surface area (Å²) in [5, 5.41) is 2.84. The summed E-state index contributed by atoms with van der Waals surface area (Å²) in [6.45, 7) is 5.17. The fourth-order valence-electron chi connectivity index (χ4n) is 1.27. The van der Waals surface area contributed by atoms with Crippen LogP contribution in [0.15, 0.2) is 40.8 Å². The summed E-state index contributed by atoms with van der Waals surface area (Å²) in [5.74, 6) is -0.140. The van der Waals surface area contributed by atoms with Crippen LogP contribution in [0.2, 0.25) is 0 Å². The second-order valence-electron chi connectivity index (χ2n) is 3.90. The van der Waals surface area contributed by atoms with Crippen LogP contribution in [0.4, 0.5) is 0 Å². The second-order valence-corrected chi connectivity index (χ2v) is 6.20. The predicted octanol–water partition coefficient (Wildman–Crippen LogP) is 1.35. The molecule has 7 heteroatoms. The van der Waals surface area contributed by atoms with Gasteiger partial charge in [-0.3, -0.25) is 4.79 Å². The van der Waals surface area contributed by atoms with Crippen LogP contribution in [0, 0.1) is 0 Å². The van der Waals surface area contributed by atoms with Crippen LogP contribution in [-0.2, 0) is 21.4 Å². The van der Waals surface area contributed by atoms with Crippen molar-refractivity contribution in [2.75, 3.05) is 6.54 Å². The standard InChI is InChI=1S/C12H15ClN2O3S/c1-9(13)7-15-19(17,18)12-5-3-11(4-6-12)8-14-10(2)16/h3-6,15H,1,7-8H2,2H3,(H,14,16). The third-order valence-electron chi connectivity index (χ3n) is 2.23. The lowest BCUT2D eigenvalue weighted by molar-refractivity contribution is -0.119. The van der Waals surface area contributed by atoms with Gasteiger partial charge in [0.15, 0.2) is 0 Å². The van der Waals surface area contributed by atoms with Crippen LogP contribution in [-0.4, -0.2) is 20.9 Å². The van der Waals surface area contributed by atoms with E-state index in [1.807, 2.05) is 0 Å². The summed E-state index contributed by atoms with van der Waals surface area (Å²) in [6, 6.07) is 6.22. The zero-order valence-corrected chi connectivity index (χ0v) is 12.0. The minimum atomic E-state index is -3.59. The predicted molar refractivity (Wildman–Crippen MR) is 74.1 cm³/mol. The van der Waals surface area contributed by atoms with E-state index in [2.05, 4.69) is 16.6 Å². The fourth-order valence-corrected chi connectivity index (χ4v) is 2.44. The largest absolute Gasteiger partial charge is 0.352 e. The number of hydrogen-bond donors (Lipinski definition) is 2. The second kappa shape index (κ2) is 6.70. The molecule has 0 aromatic heterocycles. The van der Waals surface area contributed by atoms with E-state index < -0.39 is 10.0 Å². The van der Waals surface area contributed by atoms with Gasteiger partial charge in [0.2, 0.25) is 15.9 Å². The van der Waals surface area contributed by atoms with E-state index in [0.717, 1.165) is 5.56 Å². The molecule has 1 aromatic carbocycles. The highest BCUT2D eigenvalue weighted by atomic mass is 35.5. The Morgan fingerprint density at radius 2 is 1.89 bits per heavy atom. The van der Waals surface area contributed by atoms with Crippen LogP contribution in [0.3, 0.4) is 0 Å². The van der Waals surface area contributed by atoms with Crippen molar-refractivity contribution < 1.29 is 13.2 Å². The van der Waals surface area contributed by atoms with E-state index in [9.17, 15) is 13.2 Å². The number of nitrogens with one attached hydrogen (secondary N) is 2. The Morgan fingerprint density at radius 1 is 1.32 bits per heavy atom. The average molecular weight is 303 g/mol. The molecule has 2 N–H and O–H groups in total. The SMILES string of the molecule is C=C(Cl)CNS(=O)(=O)c1ccc(CNC(C)=O)cc1. The maximum Gasteiger partial charge on any atom is 0.240 e. The molecule has 0 aliphatic rings. The molecular formula is C12H15ClN2O3S. The molecule has 1 aromatic rings. The fraction of sp³-hybridized carbons (Fsp3) is 0.250. The van der Waals surface area contributed by atoms with E-state index in [1.54, 1.807) is 12.1 Å². The summed E-state index contributed by atoms with van der Waals surface area (Å²) in [7, 11) is -3.59. The lowest BCUT2D eigenvalue weighted by Crippen LogP contribution is -2.25. The first-order valence-corrected chi connectivity index (χ1v) is 7.33. The van der Waals surface area contributed by atoms with E-state index in [-0.39, 0.29) is 22.4 Å². The minimum absolute atomic E-state index is 0.0163. The Balaban J connectivity index is 2.74. The Hall–Kier alpha value is -1.37. The third-order valence-corrected chi connectivity index (χ3v) is 3.78. The first-order chi connectivity index (χ1) is 8.81. The number of rotatable bonds is 6. The van der Waals surface area contributed by atoms with Gasteiger partial charge in [-0.2, -0.15) is 0 Å². The number of carbonyl (C=O) groups excluding carboxylic acids is 1. The van der Waals surface area contributed by atoms with Crippen molar-refractivity contribution in [3.63, 3.8) is 0 Å². The van der Waals surface area contributed by atoms with Crippen molar-refractivity contribution in [1.29, 1.82) is 0 Å². The number of carbonyl (C=O) groups is 1. The van der Waals surface area contributed by atoms with Gasteiger partial charge in [-0.05, 0) is 17.7 Å². The molecule has 0 spiro atoms. The summed E-state index contributed by atoms with van der Waals surface area (Å²) in [4.78, 5) is 10.9. The normalized spacial score (nSPS) is 11.1. The molecule has 0 unspecified atom stereocenters. The van der Waals surface area contributed by atoms with Gasteiger partial charge in [-0.25, -0.2) is 13.1 Å². The lowest BCUT2D eigenvalue weighted by Gasteiger charge is -2.07. The topological polar surface area (TPSA) is 75.3 Å². The van der Waals surface area contributed by atoms with Crippen LogP contribution < -0.4 is 10.0 Å². The Morgan fingerprint density at radius 3 is 2.37 bits per heavy atom.